The molecule has 8 aromatic rings. The van der Waals surface area contributed by atoms with Gasteiger partial charge in [0.2, 0.25) is 0 Å². The summed E-state index contributed by atoms with van der Waals surface area (Å²) in [4.78, 5) is 2.56. The van der Waals surface area contributed by atoms with Gasteiger partial charge in [-0.05, 0) is 100 Å². The summed E-state index contributed by atoms with van der Waals surface area (Å²) < 4.78 is 16.7. The average Bonchev–Trinajstić information content (AvgIpc) is 3.91. The SMILES string of the molecule is CC1(C)C2=C(C3Oc4ccccc4C3C(N(c3ccc(-c4ccccc4)cc3)c3cccc4c3c3ccccc3n4-c3ccccc3)=C2)C2C3=CC(C=CC21)c1ccccc1O3. The number of anilines is 2. The Hall–Kier alpha value is -7.30. The van der Waals surface area contributed by atoms with Gasteiger partial charge >= 0.3 is 0 Å². The summed E-state index contributed by atoms with van der Waals surface area (Å²) >= 11 is 0. The van der Waals surface area contributed by atoms with Crippen LogP contribution in [-0.2, 0) is 0 Å². The van der Waals surface area contributed by atoms with Crippen LogP contribution in [0.4, 0.5) is 11.4 Å². The van der Waals surface area contributed by atoms with Crippen molar-refractivity contribution in [1.29, 1.82) is 0 Å². The maximum absolute atomic E-state index is 7.33. The molecule has 0 amide bonds. The van der Waals surface area contributed by atoms with Crippen molar-refractivity contribution in [2.45, 2.75) is 31.8 Å². The highest BCUT2D eigenvalue weighted by Crippen LogP contribution is 2.64. The molecule has 298 valence electrons. The van der Waals surface area contributed by atoms with E-state index in [1.807, 2.05) is 0 Å². The second kappa shape index (κ2) is 13.3. The quantitative estimate of drug-likeness (QED) is 0.162. The summed E-state index contributed by atoms with van der Waals surface area (Å²) in [7, 11) is 0. The molecule has 13 rings (SSSR count). The fraction of sp³-hybridized carbons (Fsp3) is 0.138. The Kier molecular flexibility index (Phi) is 7.63. The van der Waals surface area contributed by atoms with E-state index in [0.29, 0.717) is 0 Å². The standard InChI is InChI=1S/C58H44N2O2/c1-58(2)44-33-30-38-34-52(61-50-26-13-10-20-41(38)50)55(44)56-45(58)35-49(54-43-22-11-14-27-51(43)62-57(54)56)60(40-31-28-37(29-32-40)36-16-5-3-6-17-36)48-25-15-24-47-53(48)42-21-9-12-23-46(42)59(47)39-18-7-4-8-19-39/h3-35,38,44,54-55,57H,1-2H3. The lowest BCUT2D eigenvalue weighted by Gasteiger charge is -2.39. The third-order valence-corrected chi connectivity index (χ3v) is 14.4. The van der Waals surface area contributed by atoms with E-state index in [1.54, 1.807) is 0 Å². The highest BCUT2D eigenvalue weighted by Gasteiger charge is 2.57. The average molecular weight is 801 g/mol. The number of aromatic nitrogens is 1. The first-order valence-corrected chi connectivity index (χ1v) is 21.9. The number of nitrogens with zero attached hydrogens (tertiary/aromatic N) is 2. The Morgan fingerprint density at radius 2 is 1.26 bits per heavy atom. The third-order valence-electron chi connectivity index (χ3n) is 14.4. The van der Waals surface area contributed by atoms with Crippen LogP contribution in [0.5, 0.6) is 11.5 Å². The Morgan fingerprint density at radius 3 is 2.08 bits per heavy atom. The Bertz CT molecular complexity index is 3240. The van der Waals surface area contributed by atoms with Gasteiger partial charge in [0, 0.05) is 50.8 Å². The molecule has 5 atom stereocenters. The first-order chi connectivity index (χ1) is 30.5. The van der Waals surface area contributed by atoms with Crippen LogP contribution in [0.2, 0.25) is 0 Å². The van der Waals surface area contributed by atoms with Crippen molar-refractivity contribution >= 4 is 33.2 Å². The predicted octanol–water partition coefficient (Wildman–Crippen LogP) is 14.2. The zero-order chi connectivity index (χ0) is 41.1. The Morgan fingerprint density at radius 1 is 0.581 bits per heavy atom. The summed E-state index contributed by atoms with van der Waals surface area (Å²) in [5.74, 6) is 3.29. The molecule has 0 saturated heterocycles. The fourth-order valence-corrected chi connectivity index (χ4v) is 11.6. The summed E-state index contributed by atoms with van der Waals surface area (Å²) in [5, 5.41) is 2.43. The number of hydrogen-bond donors (Lipinski definition) is 0. The Labute approximate surface area is 362 Å². The summed E-state index contributed by atoms with van der Waals surface area (Å²) in [6.07, 6.45) is 9.61. The van der Waals surface area contributed by atoms with Crippen molar-refractivity contribution in [2.75, 3.05) is 4.90 Å². The minimum absolute atomic E-state index is 0.0418. The van der Waals surface area contributed by atoms with Gasteiger partial charge in [0.25, 0.3) is 0 Å². The van der Waals surface area contributed by atoms with E-state index in [9.17, 15) is 0 Å². The molecule has 3 aliphatic carbocycles. The molecule has 2 bridgehead atoms. The molecule has 5 unspecified atom stereocenters. The van der Waals surface area contributed by atoms with Crippen molar-refractivity contribution in [2.24, 2.45) is 17.3 Å². The maximum atomic E-state index is 7.33. The minimum Gasteiger partial charge on any atom is -0.485 e. The van der Waals surface area contributed by atoms with Crippen LogP contribution in [0.15, 0.2) is 223 Å². The molecule has 0 fully saturated rings. The van der Waals surface area contributed by atoms with Gasteiger partial charge in [-0.2, -0.15) is 0 Å². The molecule has 0 radical (unpaired) electrons. The van der Waals surface area contributed by atoms with Crippen molar-refractivity contribution in [3.05, 3.63) is 234 Å². The lowest BCUT2D eigenvalue weighted by molar-refractivity contribution is 0.215. The molecular weight excluding hydrogens is 757 g/mol. The summed E-state index contributed by atoms with van der Waals surface area (Å²) in [5.41, 5.74) is 14.2. The molecule has 0 saturated carbocycles. The van der Waals surface area contributed by atoms with Gasteiger partial charge in [0.05, 0.1) is 22.6 Å². The largest absolute Gasteiger partial charge is 0.485 e. The fourth-order valence-electron chi connectivity index (χ4n) is 11.6. The van der Waals surface area contributed by atoms with E-state index in [1.165, 1.54) is 60.9 Å². The van der Waals surface area contributed by atoms with Gasteiger partial charge in [-0.25, -0.2) is 0 Å². The number of hydrogen-bond acceptors (Lipinski definition) is 3. The first-order valence-electron chi connectivity index (χ1n) is 21.9. The van der Waals surface area contributed by atoms with Crippen molar-refractivity contribution in [1.82, 2.24) is 4.57 Å². The summed E-state index contributed by atoms with van der Waals surface area (Å²) in [6.45, 7) is 4.87. The topological polar surface area (TPSA) is 26.6 Å². The second-order valence-corrected chi connectivity index (χ2v) is 17.9. The molecular formula is C58H44N2O2. The van der Waals surface area contributed by atoms with Crippen LogP contribution in [0, 0.1) is 17.3 Å². The van der Waals surface area contributed by atoms with Gasteiger partial charge < -0.3 is 18.9 Å². The highest BCUT2D eigenvalue weighted by atomic mass is 16.5. The third kappa shape index (κ3) is 5.07. The van der Waals surface area contributed by atoms with Crippen LogP contribution < -0.4 is 14.4 Å². The molecule has 62 heavy (non-hydrogen) atoms. The van der Waals surface area contributed by atoms with E-state index < -0.39 is 0 Å². The molecule has 3 heterocycles. The normalized spacial score (nSPS) is 22.3. The van der Waals surface area contributed by atoms with Crippen molar-refractivity contribution in [3.63, 3.8) is 0 Å². The summed E-state index contributed by atoms with van der Waals surface area (Å²) in [6, 6.07) is 63.5. The molecule has 7 aromatic carbocycles. The second-order valence-electron chi connectivity index (χ2n) is 17.9. The van der Waals surface area contributed by atoms with E-state index in [4.69, 9.17) is 9.47 Å². The number of para-hydroxylation sites is 4. The van der Waals surface area contributed by atoms with Gasteiger partial charge in [-0.1, -0.05) is 147 Å². The lowest BCUT2D eigenvalue weighted by atomic mass is 9.73. The van der Waals surface area contributed by atoms with E-state index in [0.717, 1.165) is 34.3 Å². The van der Waals surface area contributed by atoms with Crippen molar-refractivity contribution < 1.29 is 9.47 Å². The zero-order valence-electron chi connectivity index (χ0n) is 34.7. The molecule has 1 aromatic heterocycles. The van der Waals surface area contributed by atoms with Gasteiger partial charge in [0.15, 0.2) is 0 Å². The van der Waals surface area contributed by atoms with Crippen LogP contribution in [0.3, 0.4) is 0 Å². The molecule has 4 nitrogen and oxygen atoms in total. The van der Waals surface area contributed by atoms with Crippen LogP contribution in [-0.4, -0.2) is 10.7 Å². The van der Waals surface area contributed by atoms with Crippen LogP contribution in [0.25, 0.3) is 38.6 Å². The Balaban J connectivity index is 1.08. The van der Waals surface area contributed by atoms with Gasteiger partial charge in [-0.3, -0.25) is 0 Å². The molecule has 0 N–H and O–H groups in total. The first kappa shape index (κ1) is 35.5. The van der Waals surface area contributed by atoms with Crippen LogP contribution in [0.1, 0.15) is 36.8 Å². The zero-order valence-corrected chi connectivity index (χ0v) is 34.7. The monoisotopic (exact) mass is 800 g/mol. The number of fused-ring (bicyclic) bond motifs is 13. The van der Waals surface area contributed by atoms with Gasteiger partial charge in [-0.15, -0.1) is 0 Å². The number of rotatable bonds is 5. The number of benzene rings is 7. The molecule has 2 aliphatic heterocycles. The molecule has 4 heteroatoms. The van der Waals surface area contributed by atoms with Crippen molar-refractivity contribution in [3.8, 4) is 28.3 Å². The number of ether oxygens (including phenoxy) is 2. The molecule has 5 aliphatic rings. The van der Waals surface area contributed by atoms with E-state index in [2.05, 4.69) is 224 Å². The van der Waals surface area contributed by atoms with E-state index >= 15 is 0 Å². The lowest BCUT2D eigenvalue weighted by Crippen LogP contribution is -2.35. The van der Waals surface area contributed by atoms with Gasteiger partial charge in [0.1, 0.15) is 23.4 Å². The molecule has 0 spiro atoms. The maximum Gasteiger partial charge on any atom is 0.134 e. The number of allylic oxidation sites excluding steroid dienone is 6. The predicted molar refractivity (Wildman–Crippen MR) is 251 cm³/mol. The smallest absolute Gasteiger partial charge is 0.134 e. The van der Waals surface area contributed by atoms with Crippen LogP contribution >= 0.6 is 0 Å². The minimum atomic E-state index is -0.225. The highest BCUT2D eigenvalue weighted by molar-refractivity contribution is 6.16. The van der Waals surface area contributed by atoms with E-state index in [-0.39, 0.29) is 35.2 Å².